The molecule has 0 radical (unpaired) electrons. The van der Waals surface area contributed by atoms with Gasteiger partial charge in [0, 0.05) is 10.5 Å². The predicted octanol–water partition coefficient (Wildman–Crippen LogP) is 4.09. The highest BCUT2D eigenvalue weighted by Gasteiger charge is 2.33. The van der Waals surface area contributed by atoms with Crippen molar-refractivity contribution in [1.29, 1.82) is 0 Å². The lowest BCUT2D eigenvalue weighted by molar-refractivity contribution is -0.387. The minimum absolute atomic E-state index is 0.179. The summed E-state index contributed by atoms with van der Waals surface area (Å²) in [6, 6.07) is 20.2. The molecule has 0 unspecified atom stereocenters. The van der Waals surface area contributed by atoms with Gasteiger partial charge >= 0.3 is 0 Å². The lowest BCUT2D eigenvalue weighted by Crippen LogP contribution is -2.40. The van der Waals surface area contributed by atoms with E-state index in [1.807, 2.05) is 24.3 Å². The van der Waals surface area contributed by atoms with E-state index in [9.17, 15) is 23.3 Å². The number of hydrogen-bond donors (Lipinski definition) is 1. The van der Waals surface area contributed by atoms with Crippen LogP contribution in [0.5, 0.6) is 0 Å². The molecule has 0 bridgehead atoms. The summed E-state index contributed by atoms with van der Waals surface area (Å²) < 4.78 is 28.4. The Bertz CT molecular complexity index is 1310. The third-order valence-corrected chi connectivity index (χ3v) is 6.87. The zero-order valence-corrected chi connectivity index (χ0v) is 19.8. The molecule has 0 aliphatic rings. The number of nitrogens with one attached hydrogen (secondary N) is 1. The van der Waals surface area contributed by atoms with Crippen LogP contribution in [0.1, 0.15) is 12.5 Å². The Hall–Kier alpha value is -3.57. The minimum atomic E-state index is -4.45. The molecule has 0 heterocycles. The van der Waals surface area contributed by atoms with Crippen LogP contribution in [0.3, 0.4) is 0 Å². The first-order valence-corrected chi connectivity index (χ1v) is 11.8. The van der Waals surface area contributed by atoms with Gasteiger partial charge in [-0.15, -0.1) is 0 Å². The number of halogens is 1. The van der Waals surface area contributed by atoms with Gasteiger partial charge in [-0.05, 0) is 42.8 Å². The number of para-hydroxylation sites is 2. The van der Waals surface area contributed by atoms with Crippen molar-refractivity contribution in [1.82, 2.24) is 5.43 Å². The Morgan fingerprint density at radius 2 is 1.73 bits per heavy atom. The van der Waals surface area contributed by atoms with Crippen molar-refractivity contribution in [2.24, 2.45) is 5.10 Å². The monoisotopic (exact) mass is 530 g/mol. The first kappa shape index (κ1) is 24.1. The van der Waals surface area contributed by atoms with Gasteiger partial charge in [0.1, 0.15) is 6.54 Å². The van der Waals surface area contributed by atoms with Crippen molar-refractivity contribution >= 4 is 48.9 Å². The Morgan fingerprint density at radius 3 is 2.39 bits per heavy atom. The van der Waals surface area contributed by atoms with Crippen molar-refractivity contribution < 1.29 is 18.1 Å². The van der Waals surface area contributed by atoms with Crippen molar-refractivity contribution in [3.63, 3.8) is 0 Å². The van der Waals surface area contributed by atoms with Gasteiger partial charge in [-0.2, -0.15) is 5.10 Å². The number of nitrogens with zero attached hydrogens (tertiary/aromatic N) is 3. The number of carbonyl (C=O) groups excluding carboxylic acids is 1. The largest absolute Gasteiger partial charge is 0.289 e. The second-order valence-corrected chi connectivity index (χ2v) is 9.56. The van der Waals surface area contributed by atoms with Gasteiger partial charge in [-0.1, -0.05) is 58.4 Å². The highest BCUT2D eigenvalue weighted by atomic mass is 79.9. The van der Waals surface area contributed by atoms with Gasteiger partial charge in [-0.25, -0.2) is 13.8 Å². The fourth-order valence-electron chi connectivity index (χ4n) is 2.94. The van der Waals surface area contributed by atoms with E-state index in [1.54, 1.807) is 25.1 Å². The summed E-state index contributed by atoms with van der Waals surface area (Å²) >= 11 is 3.37. The van der Waals surface area contributed by atoms with Crippen LogP contribution in [0.4, 0.5) is 11.4 Å². The van der Waals surface area contributed by atoms with Crippen LogP contribution in [0.25, 0.3) is 0 Å². The molecule has 1 N–H and O–H groups in total. The van der Waals surface area contributed by atoms with Crippen LogP contribution in [0.15, 0.2) is 93.3 Å². The third-order valence-electron chi connectivity index (χ3n) is 4.55. The Labute approximate surface area is 199 Å². The number of anilines is 1. The maximum absolute atomic E-state index is 13.4. The first-order chi connectivity index (χ1) is 15.7. The summed E-state index contributed by atoms with van der Waals surface area (Å²) in [5, 5.41) is 15.5. The molecule has 9 nitrogen and oxygen atoms in total. The van der Waals surface area contributed by atoms with Crippen molar-refractivity contribution in [3.8, 4) is 0 Å². The topological polar surface area (TPSA) is 122 Å². The highest BCUT2D eigenvalue weighted by molar-refractivity contribution is 9.10. The summed E-state index contributed by atoms with van der Waals surface area (Å²) in [6.45, 7) is 1.06. The van der Waals surface area contributed by atoms with Gasteiger partial charge in [0.15, 0.2) is 4.90 Å². The molecule has 0 saturated carbocycles. The van der Waals surface area contributed by atoms with Gasteiger partial charge in [0.05, 0.1) is 16.3 Å². The quantitative estimate of drug-likeness (QED) is 0.267. The number of carbonyl (C=O) groups is 1. The SMILES string of the molecule is C/C(=N\NC(=O)CN(c1ccccc1)S(=O)(=O)c1ccccc1[N+](=O)[O-])c1cccc(Br)c1. The molecule has 0 atom stereocenters. The number of amides is 1. The summed E-state index contributed by atoms with van der Waals surface area (Å²) in [4.78, 5) is 22.8. The van der Waals surface area contributed by atoms with E-state index >= 15 is 0 Å². The van der Waals surface area contributed by atoms with Crippen LogP contribution >= 0.6 is 15.9 Å². The molecule has 0 fully saturated rings. The van der Waals surface area contributed by atoms with E-state index in [0.717, 1.165) is 26.5 Å². The van der Waals surface area contributed by atoms with E-state index in [4.69, 9.17) is 0 Å². The smallest absolute Gasteiger partial charge is 0.271 e. The standard InChI is InChI=1S/C22H19BrN4O5S/c1-16(17-8-7-9-18(23)14-17)24-25-22(28)15-26(19-10-3-2-4-11-19)33(31,32)21-13-6-5-12-20(21)27(29)30/h2-14H,15H2,1H3,(H,25,28)/b24-16+. The maximum Gasteiger partial charge on any atom is 0.289 e. The van der Waals surface area contributed by atoms with Gasteiger partial charge in [0.25, 0.3) is 21.6 Å². The fourth-order valence-corrected chi connectivity index (χ4v) is 4.92. The van der Waals surface area contributed by atoms with E-state index in [-0.39, 0.29) is 5.69 Å². The number of sulfonamides is 1. The zero-order valence-electron chi connectivity index (χ0n) is 17.4. The van der Waals surface area contributed by atoms with E-state index in [2.05, 4.69) is 26.5 Å². The van der Waals surface area contributed by atoms with Crippen LogP contribution in [0, 0.1) is 10.1 Å². The number of benzene rings is 3. The van der Waals surface area contributed by atoms with E-state index in [1.165, 1.54) is 24.3 Å². The highest BCUT2D eigenvalue weighted by Crippen LogP contribution is 2.29. The molecule has 1 amide bonds. The Balaban J connectivity index is 1.92. The second kappa shape index (κ2) is 10.4. The summed E-state index contributed by atoms with van der Waals surface area (Å²) in [6.07, 6.45) is 0. The summed E-state index contributed by atoms with van der Waals surface area (Å²) in [7, 11) is -4.45. The second-order valence-electron chi connectivity index (χ2n) is 6.81. The number of nitro groups is 1. The Morgan fingerprint density at radius 1 is 1.06 bits per heavy atom. The number of rotatable bonds is 8. The van der Waals surface area contributed by atoms with Gasteiger partial charge in [0.2, 0.25) is 0 Å². The number of hydrazone groups is 1. The van der Waals surface area contributed by atoms with E-state index < -0.39 is 38.0 Å². The predicted molar refractivity (Wildman–Crippen MR) is 129 cm³/mol. The molecule has 0 aromatic heterocycles. The molecule has 170 valence electrons. The molecule has 3 rings (SSSR count). The molecule has 3 aromatic carbocycles. The average molecular weight is 531 g/mol. The van der Waals surface area contributed by atoms with Crippen LogP contribution < -0.4 is 9.73 Å². The zero-order chi connectivity index (χ0) is 24.0. The normalized spacial score (nSPS) is 11.6. The van der Waals surface area contributed by atoms with Crippen molar-refractivity contribution in [3.05, 3.63) is 99.0 Å². The molecule has 33 heavy (non-hydrogen) atoms. The van der Waals surface area contributed by atoms with Gasteiger partial charge in [-0.3, -0.25) is 19.2 Å². The molecule has 0 aliphatic heterocycles. The van der Waals surface area contributed by atoms with E-state index in [0.29, 0.717) is 5.71 Å². The number of hydrogen-bond acceptors (Lipinski definition) is 6. The van der Waals surface area contributed by atoms with Crippen LogP contribution in [-0.4, -0.2) is 31.5 Å². The average Bonchev–Trinajstić information content (AvgIpc) is 2.81. The van der Waals surface area contributed by atoms with Crippen molar-refractivity contribution in [2.45, 2.75) is 11.8 Å². The van der Waals surface area contributed by atoms with Crippen LogP contribution in [0.2, 0.25) is 0 Å². The lowest BCUT2D eigenvalue weighted by atomic mass is 10.1. The molecular formula is C22H19BrN4O5S. The lowest BCUT2D eigenvalue weighted by Gasteiger charge is -2.23. The third kappa shape index (κ3) is 5.82. The molecule has 0 spiro atoms. The summed E-state index contributed by atoms with van der Waals surface area (Å²) in [5.74, 6) is -0.713. The minimum Gasteiger partial charge on any atom is -0.271 e. The van der Waals surface area contributed by atoms with Crippen LogP contribution in [-0.2, 0) is 14.8 Å². The first-order valence-electron chi connectivity index (χ1n) is 9.60. The number of nitro benzene ring substituents is 1. The molecular weight excluding hydrogens is 512 g/mol. The molecule has 3 aromatic rings. The summed E-state index contributed by atoms with van der Waals surface area (Å²) in [5.41, 5.74) is 3.23. The fraction of sp³-hybridized carbons (Fsp3) is 0.0909. The van der Waals surface area contributed by atoms with Gasteiger partial charge < -0.3 is 0 Å². The Kier molecular flexibility index (Phi) is 7.56. The molecule has 0 saturated heterocycles. The van der Waals surface area contributed by atoms with Crippen molar-refractivity contribution in [2.75, 3.05) is 10.8 Å². The molecule has 11 heteroatoms. The maximum atomic E-state index is 13.4. The molecule has 0 aliphatic carbocycles.